The summed E-state index contributed by atoms with van der Waals surface area (Å²) in [5.74, 6) is 1.81. The quantitative estimate of drug-likeness (QED) is 0.785. The predicted molar refractivity (Wildman–Crippen MR) is 95.8 cm³/mol. The second kappa shape index (κ2) is 6.67. The first-order valence-electron chi connectivity index (χ1n) is 9.52. The summed E-state index contributed by atoms with van der Waals surface area (Å²) in [6.07, 6.45) is 5.04. The van der Waals surface area contributed by atoms with E-state index < -0.39 is 0 Å². The van der Waals surface area contributed by atoms with Crippen molar-refractivity contribution in [3.05, 3.63) is 5.82 Å². The fraction of sp³-hybridized carbons (Fsp3) is 0.889. The summed E-state index contributed by atoms with van der Waals surface area (Å²) in [5, 5.41) is 12.6. The number of aromatic nitrogens is 4. The van der Waals surface area contributed by atoms with E-state index in [1.807, 2.05) is 4.68 Å². The first kappa shape index (κ1) is 18.3. The highest BCUT2D eigenvalue weighted by molar-refractivity contribution is 5.85. The molecule has 0 spiro atoms. The molecule has 0 radical (unpaired) electrons. The molecule has 1 aliphatic carbocycles. The third-order valence-electron chi connectivity index (χ3n) is 6.00. The van der Waals surface area contributed by atoms with Crippen LogP contribution in [0.15, 0.2) is 0 Å². The van der Waals surface area contributed by atoms with Gasteiger partial charge in [0.2, 0.25) is 5.91 Å². The van der Waals surface area contributed by atoms with E-state index >= 15 is 0 Å². The topological polar surface area (TPSA) is 67.2 Å². The molecule has 1 amide bonds. The summed E-state index contributed by atoms with van der Waals surface area (Å²) >= 11 is 0. The van der Waals surface area contributed by atoms with E-state index in [1.165, 1.54) is 0 Å². The van der Waals surface area contributed by atoms with Crippen molar-refractivity contribution in [1.29, 1.82) is 0 Å². The lowest BCUT2D eigenvalue weighted by molar-refractivity contribution is -0.140. The molecule has 140 valence electrons. The Morgan fingerprint density at radius 1 is 1.28 bits per heavy atom. The van der Waals surface area contributed by atoms with Gasteiger partial charge in [-0.2, -0.15) is 0 Å². The summed E-state index contributed by atoms with van der Waals surface area (Å²) in [6.45, 7) is 8.86. The molecule has 2 fully saturated rings. The number of aryl methyl sites for hydroxylation is 1. The molecule has 1 saturated heterocycles. The maximum Gasteiger partial charge on any atom is 0.228 e. The Hall–Kier alpha value is -1.50. The van der Waals surface area contributed by atoms with Crippen LogP contribution in [0.25, 0.3) is 0 Å². The molecule has 0 aromatic carbocycles. The van der Waals surface area contributed by atoms with Crippen molar-refractivity contribution in [1.82, 2.24) is 30.0 Å². The number of likely N-dealkylation sites (tertiary alicyclic amines) is 1. The smallest absolute Gasteiger partial charge is 0.228 e. The minimum atomic E-state index is -0.306. The second-order valence-electron chi connectivity index (χ2n) is 8.73. The van der Waals surface area contributed by atoms with Crippen molar-refractivity contribution >= 4 is 5.91 Å². The molecule has 7 nitrogen and oxygen atoms in total. The van der Waals surface area contributed by atoms with E-state index in [9.17, 15) is 4.79 Å². The predicted octanol–water partition coefficient (Wildman–Crippen LogP) is 1.90. The monoisotopic (exact) mass is 348 g/mol. The third kappa shape index (κ3) is 3.43. The summed E-state index contributed by atoms with van der Waals surface area (Å²) in [6, 6.07) is 0. The molecule has 1 aliphatic heterocycles. The van der Waals surface area contributed by atoms with Crippen LogP contribution in [0, 0.1) is 11.3 Å². The van der Waals surface area contributed by atoms with Gasteiger partial charge in [-0.05, 0) is 62.5 Å². The molecule has 1 saturated carbocycles. The van der Waals surface area contributed by atoms with Gasteiger partial charge in [0.05, 0.1) is 0 Å². The number of hydrogen-bond donors (Lipinski definition) is 0. The van der Waals surface area contributed by atoms with Crippen LogP contribution in [-0.4, -0.2) is 63.1 Å². The van der Waals surface area contributed by atoms with Crippen LogP contribution >= 0.6 is 0 Å². The van der Waals surface area contributed by atoms with Crippen molar-refractivity contribution in [2.45, 2.75) is 65.0 Å². The number of hydrogen-bond acceptors (Lipinski definition) is 5. The van der Waals surface area contributed by atoms with Gasteiger partial charge in [-0.1, -0.05) is 20.8 Å². The van der Waals surface area contributed by atoms with Gasteiger partial charge in [0.25, 0.3) is 0 Å². The highest BCUT2D eigenvalue weighted by atomic mass is 16.2. The van der Waals surface area contributed by atoms with Crippen molar-refractivity contribution in [2.24, 2.45) is 11.3 Å². The molecule has 25 heavy (non-hydrogen) atoms. The molecule has 1 atom stereocenters. The molecular weight excluding hydrogens is 316 g/mol. The molecule has 3 rings (SSSR count). The number of amides is 1. The number of rotatable bonds is 6. The molecule has 7 heteroatoms. The first-order valence-corrected chi connectivity index (χ1v) is 9.52. The lowest BCUT2D eigenvalue weighted by Crippen LogP contribution is -2.57. The Balaban J connectivity index is 1.87. The van der Waals surface area contributed by atoms with E-state index in [0.717, 1.165) is 51.0 Å². The molecule has 1 unspecified atom stereocenters. The van der Waals surface area contributed by atoms with Gasteiger partial charge in [-0.3, -0.25) is 9.69 Å². The van der Waals surface area contributed by atoms with Gasteiger partial charge in [-0.25, -0.2) is 4.68 Å². The van der Waals surface area contributed by atoms with Crippen LogP contribution in [0.2, 0.25) is 0 Å². The van der Waals surface area contributed by atoms with Gasteiger partial charge < -0.3 is 4.90 Å². The minimum absolute atomic E-state index is 0.126. The van der Waals surface area contributed by atoms with Gasteiger partial charge in [0, 0.05) is 25.0 Å². The van der Waals surface area contributed by atoms with E-state index in [0.29, 0.717) is 18.4 Å². The molecule has 2 heterocycles. The Morgan fingerprint density at radius 3 is 2.60 bits per heavy atom. The molecule has 1 aromatic heterocycles. The average molecular weight is 348 g/mol. The number of likely N-dealkylation sites (N-methyl/N-ethyl adjacent to an activating group) is 1. The first-order chi connectivity index (χ1) is 11.8. The van der Waals surface area contributed by atoms with E-state index in [-0.39, 0.29) is 11.0 Å². The van der Waals surface area contributed by atoms with Crippen molar-refractivity contribution in [2.75, 3.05) is 27.2 Å². The SMILES string of the molecule is CC(C)CCn1nnnc1C1(N(C)C)CCCN(C(=O)C2(C)CC2)C1. The van der Waals surface area contributed by atoms with E-state index in [2.05, 4.69) is 60.2 Å². The van der Waals surface area contributed by atoms with Gasteiger partial charge in [0.15, 0.2) is 5.82 Å². The molecule has 0 bridgehead atoms. The van der Waals surface area contributed by atoms with E-state index in [1.54, 1.807) is 0 Å². The maximum atomic E-state index is 12.9. The van der Waals surface area contributed by atoms with E-state index in [4.69, 9.17) is 0 Å². The summed E-state index contributed by atoms with van der Waals surface area (Å²) in [4.78, 5) is 17.2. The number of nitrogens with zero attached hydrogens (tertiary/aromatic N) is 6. The number of carbonyl (C=O) groups excluding carboxylic acids is 1. The van der Waals surface area contributed by atoms with Crippen molar-refractivity contribution < 1.29 is 4.79 Å². The summed E-state index contributed by atoms with van der Waals surface area (Å²) in [5.41, 5.74) is -0.432. The number of piperidine rings is 1. The second-order valence-corrected chi connectivity index (χ2v) is 8.73. The van der Waals surface area contributed by atoms with Gasteiger partial charge in [-0.15, -0.1) is 5.10 Å². The number of tetrazole rings is 1. The maximum absolute atomic E-state index is 12.9. The fourth-order valence-corrected chi connectivity index (χ4v) is 3.81. The van der Waals surface area contributed by atoms with Crippen molar-refractivity contribution in [3.8, 4) is 0 Å². The lowest BCUT2D eigenvalue weighted by Gasteiger charge is -2.46. The normalized spacial score (nSPS) is 25.6. The lowest BCUT2D eigenvalue weighted by atomic mass is 9.85. The Kier molecular flexibility index (Phi) is 4.88. The molecule has 2 aliphatic rings. The zero-order valence-corrected chi connectivity index (χ0v) is 16.3. The van der Waals surface area contributed by atoms with Crippen LogP contribution < -0.4 is 0 Å². The highest BCUT2D eigenvalue weighted by Crippen LogP contribution is 2.48. The van der Waals surface area contributed by atoms with Crippen LogP contribution in [0.1, 0.15) is 58.7 Å². The zero-order chi connectivity index (χ0) is 18.2. The largest absolute Gasteiger partial charge is 0.340 e. The summed E-state index contributed by atoms with van der Waals surface area (Å²) in [7, 11) is 4.16. The summed E-state index contributed by atoms with van der Waals surface area (Å²) < 4.78 is 1.95. The zero-order valence-electron chi connectivity index (χ0n) is 16.3. The highest BCUT2D eigenvalue weighted by Gasteiger charge is 2.51. The Morgan fingerprint density at radius 2 is 2.00 bits per heavy atom. The molecular formula is C18H32N6O. The Bertz CT molecular complexity index is 621. The van der Waals surface area contributed by atoms with Gasteiger partial charge >= 0.3 is 0 Å². The standard InChI is InChI=1S/C18H32N6O/c1-14(2)7-12-24-15(19-20-21-24)18(22(4)5)8-6-11-23(13-18)16(25)17(3)9-10-17/h14H,6-13H2,1-5H3. The average Bonchev–Trinajstić information content (AvgIpc) is 3.15. The van der Waals surface area contributed by atoms with Crippen molar-refractivity contribution in [3.63, 3.8) is 0 Å². The van der Waals surface area contributed by atoms with Crippen LogP contribution in [-0.2, 0) is 16.9 Å². The fourth-order valence-electron chi connectivity index (χ4n) is 3.81. The van der Waals surface area contributed by atoms with Gasteiger partial charge in [0.1, 0.15) is 5.54 Å². The minimum Gasteiger partial charge on any atom is -0.340 e. The molecule has 1 aromatic rings. The van der Waals surface area contributed by atoms with Crippen LogP contribution in [0.5, 0.6) is 0 Å². The van der Waals surface area contributed by atoms with Crippen LogP contribution in [0.4, 0.5) is 0 Å². The number of carbonyl (C=O) groups is 1. The van der Waals surface area contributed by atoms with Crippen LogP contribution in [0.3, 0.4) is 0 Å². The Labute approximate surface area is 150 Å². The molecule has 0 N–H and O–H groups in total. The third-order valence-corrected chi connectivity index (χ3v) is 6.00.